The fraction of sp³-hybridized carbons (Fsp3) is 0. The van der Waals surface area contributed by atoms with Crippen molar-refractivity contribution in [3.05, 3.63) is 213 Å². The second kappa shape index (κ2) is 14.4. The summed E-state index contributed by atoms with van der Waals surface area (Å²) in [6.07, 6.45) is 3.71. The van der Waals surface area contributed by atoms with Crippen molar-refractivity contribution >= 4 is 21.8 Å². The number of hydrogen-bond acceptors (Lipinski definition) is 3. The normalized spacial score (nSPS) is 11.2. The summed E-state index contributed by atoms with van der Waals surface area (Å²) in [6.45, 7) is 0. The Morgan fingerprint density at radius 3 is 1.04 bits per heavy atom. The van der Waals surface area contributed by atoms with Gasteiger partial charge in [-0.05, 0) is 110 Å². The molecule has 0 N–H and O–H groups in total. The van der Waals surface area contributed by atoms with Gasteiger partial charge in [-0.25, -0.2) is 4.98 Å². The molecular formula is C53H35N3. The third-order valence-electron chi connectivity index (χ3n) is 10.5. The highest BCUT2D eigenvalue weighted by atomic mass is 14.7. The van der Waals surface area contributed by atoms with E-state index >= 15 is 0 Å². The number of fused-ring (bicyclic) bond motifs is 2. The second-order valence-electron chi connectivity index (χ2n) is 14.1. The summed E-state index contributed by atoms with van der Waals surface area (Å²) >= 11 is 0. The molecule has 3 heterocycles. The van der Waals surface area contributed by atoms with Crippen LogP contribution in [0.3, 0.4) is 0 Å². The molecule has 262 valence electrons. The maximum absolute atomic E-state index is 5.32. The van der Waals surface area contributed by atoms with Crippen LogP contribution in [-0.2, 0) is 0 Å². The summed E-state index contributed by atoms with van der Waals surface area (Å²) in [5, 5.41) is 2.24. The van der Waals surface area contributed by atoms with Gasteiger partial charge in [-0.3, -0.25) is 9.97 Å². The highest BCUT2D eigenvalue weighted by Crippen LogP contribution is 2.38. The van der Waals surface area contributed by atoms with E-state index in [9.17, 15) is 0 Å². The summed E-state index contributed by atoms with van der Waals surface area (Å²) in [5.41, 5.74) is 17.3. The third kappa shape index (κ3) is 6.63. The van der Waals surface area contributed by atoms with Crippen molar-refractivity contribution in [3.63, 3.8) is 0 Å². The van der Waals surface area contributed by atoms with E-state index in [4.69, 9.17) is 4.98 Å². The quantitative estimate of drug-likeness (QED) is 0.165. The van der Waals surface area contributed by atoms with Crippen LogP contribution in [0.5, 0.6) is 0 Å². The summed E-state index contributed by atoms with van der Waals surface area (Å²) in [6, 6.07) is 71.1. The molecule has 56 heavy (non-hydrogen) atoms. The zero-order chi connectivity index (χ0) is 37.3. The van der Waals surface area contributed by atoms with Gasteiger partial charge < -0.3 is 0 Å². The molecule has 0 aliphatic rings. The number of hydrogen-bond donors (Lipinski definition) is 0. The highest BCUT2D eigenvalue weighted by Gasteiger charge is 2.14. The molecular weight excluding hydrogens is 679 g/mol. The minimum Gasteiger partial charge on any atom is -0.256 e. The molecule has 0 saturated heterocycles. The van der Waals surface area contributed by atoms with Crippen molar-refractivity contribution in [1.82, 2.24) is 15.0 Å². The topological polar surface area (TPSA) is 38.7 Å². The van der Waals surface area contributed by atoms with Gasteiger partial charge >= 0.3 is 0 Å². The number of nitrogens with zero attached hydrogens (tertiary/aromatic N) is 3. The maximum Gasteiger partial charge on any atom is 0.0715 e. The molecule has 0 atom stereocenters. The molecule has 10 rings (SSSR count). The van der Waals surface area contributed by atoms with Gasteiger partial charge in [-0.15, -0.1) is 0 Å². The van der Waals surface area contributed by atoms with Gasteiger partial charge in [0.1, 0.15) is 0 Å². The van der Waals surface area contributed by atoms with Crippen LogP contribution in [0.25, 0.3) is 100.0 Å². The number of aromatic nitrogens is 3. The first-order valence-electron chi connectivity index (χ1n) is 18.9. The molecule has 10 aromatic rings. The standard InChI is InChI=1S/C53H35N3/c1-3-9-36(10-4-1)38-15-19-42(20-16-38)52-34-49(35-53(56-52)43-21-17-39(18-22-43)37-11-5-2-6-12-37)48-30-46(44-25-23-40-13-7-27-54-50(40)32-44)29-47(31-48)45-26-24-41-14-8-28-55-51(41)33-45/h1-35H. The van der Waals surface area contributed by atoms with E-state index < -0.39 is 0 Å². The molecule has 0 unspecified atom stereocenters. The van der Waals surface area contributed by atoms with E-state index in [2.05, 4.69) is 198 Å². The Morgan fingerprint density at radius 1 is 0.232 bits per heavy atom. The molecule has 0 aliphatic heterocycles. The summed E-state index contributed by atoms with van der Waals surface area (Å²) in [7, 11) is 0. The van der Waals surface area contributed by atoms with Crippen molar-refractivity contribution in [1.29, 1.82) is 0 Å². The third-order valence-corrected chi connectivity index (χ3v) is 10.5. The van der Waals surface area contributed by atoms with Gasteiger partial charge in [0.05, 0.1) is 22.4 Å². The molecule has 3 nitrogen and oxygen atoms in total. The molecule has 0 saturated carbocycles. The molecule has 0 bridgehead atoms. The molecule has 3 aromatic heterocycles. The van der Waals surface area contributed by atoms with Crippen LogP contribution in [0.1, 0.15) is 0 Å². The lowest BCUT2D eigenvalue weighted by Gasteiger charge is -2.15. The van der Waals surface area contributed by atoms with E-state index in [1.165, 1.54) is 22.3 Å². The van der Waals surface area contributed by atoms with Crippen molar-refractivity contribution < 1.29 is 0 Å². The van der Waals surface area contributed by atoms with Crippen molar-refractivity contribution in [2.45, 2.75) is 0 Å². The zero-order valence-electron chi connectivity index (χ0n) is 30.5. The highest BCUT2D eigenvalue weighted by molar-refractivity contribution is 5.90. The van der Waals surface area contributed by atoms with E-state index in [-0.39, 0.29) is 0 Å². The Bertz CT molecular complexity index is 2790. The smallest absolute Gasteiger partial charge is 0.0715 e. The van der Waals surface area contributed by atoms with Gasteiger partial charge in [0.15, 0.2) is 0 Å². The van der Waals surface area contributed by atoms with Crippen molar-refractivity contribution in [3.8, 4) is 78.1 Å². The predicted molar refractivity (Wildman–Crippen MR) is 233 cm³/mol. The molecule has 0 aliphatic carbocycles. The Kier molecular flexibility index (Phi) is 8.51. The van der Waals surface area contributed by atoms with E-state index in [1.807, 2.05) is 24.5 Å². The maximum atomic E-state index is 5.32. The van der Waals surface area contributed by atoms with Crippen LogP contribution in [0.15, 0.2) is 213 Å². The SMILES string of the molecule is c1ccc(-c2ccc(-c3cc(-c4cc(-c5ccc6cccnc6c5)cc(-c5ccc6cccnc6c5)c4)cc(-c4ccc(-c5ccccc5)cc4)n3)cc2)cc1. The first kappa shape index (κ1) is 33.1. The van der Waals surface area contributed by atoms with E-state index in [1.54, 1.807) is 0 Å². The minimum atomic E-state index is 0.918. The summed E-state index contributed by atoms with van der Waals surface area (Å²) in [5.74, 6) is 0. The van der Waals surface area contributed by atoms with E-state index in [0.717, 1.165) is 77.7 Å². The van der Waals surface area contributed by atoms with Crippen LogP contribution in [0, 0.1) is 0 Å². The Morgan fingerprint density at radius 2 is 0.589 bits per heavy atom. The largest absolute Gasteiger partial charge is 0.256 e. The van der Waals surface area contributed by atoms with Crippen LogP contribution >= 0.6 is 0 Å². The molecule has 0 fully saturated rings. The molecule has 0 amide bonds. The number of rotatable bonds is 7. The minimum absolute atomic E-state index is 0.918. The fourth-order valence-corrected chi connectivity index (χ4v) is 7.54. The van der Waals surface area contributed by atoms with E-state index in [0.29, 0.717) is 0 Å². The lowest BCUT2D eigenvalue weighted by molar-refractivity contribution is 1.32. The van der Waals surface area contributed by atoms with Crippen LogP contribution in [0.4, 0.5) is 0 Å². The summed E-state index contributed by atoms with van der Waals surface area (Å²) < 4.78 is 0. The lowest BCUT2D eigenvalue weighted by Crippen LogP contribution is -1.93. The average Bonchev–Trinajstić information content (AvgIpc) is 3.29. The second-order valence-corrected chi connectivity index (χ2v) is 14.1. The van der Waals surface area contributed by atoms with Gasteiger partial charge in [-0.1, -0.05) is 146 Å². The molecule has 7 aromatic carbocycles. The number of pyridine rings is 3. The van der Waals surface area contributed by atoms with Gasteiger partial charge in [0.25, 0.3) is 0 Å². The van der Waals surface area contributed by atoms with Crippen LogP contribution < -0.4 is 0 Å². The summed E-state index contributed by atoms with van der Waals surface area (Å²) in [4.78, 5) is 14.7. The molecule has 0 radical (unpaired) electrons. The monoisotopic (exact) mass is 713 g/mol. The van der Waals surface area contributed by atoms with Crippen LogP contribution in [0.2, 0.25) is 0 Å². The first-order valence-corrected chi connectivity index (χ1v) is 18.9. The Balaban J connectivity index is 1.15. The van der Waals surface area contributed by atoms with Crippen molar-refractivity contribution in [2.75, 3.05) is 0 Å². The number of benzene rings is 7. The Hall–Kier alpha value is -7.49. The average molecular weight is 714 g/mol. The van der Waals surface area contributed by atoms with Gasteiger partial charge in [0.2, 0.25) is 0 Å². The molecule has 0 spiro atoms. The van der Waals surface area contributed by atoms with Gasteiger partial charge in [0, 0.05) is 34.3 Å². The lowest BCUT2D eigenvalue weighted by atomic mass is 9.91. The van der Waals surface area contributed by atoms with Gasteiger partial charge in [-0.2, -0.15) is 0 Å². The first-order chi connectivity index (χ1) is 27.7. The molecule has 3 heteroatoms. The fourth-order valence-electron chi connectivity index (χ4n) is 7.54. The Labute approximate surface area is 326 Å². The zero-order valence-corrected chi connectivity index (χ0v) is 30.5. The van der Waals surface area contributed by atoms with Crippen LogP contribution in [-0.4, -0.2) is 15.0 Å². The van der Waals surface area contributed by atoms with Crippen molar-refractivity contribution in [2.24, 2.45) is 0 Å². The predicted octanol–water partition coefficient (Wildman–Crippen LogP) is 13.8.